The van der Waals surface area contributed by atoms with Crippen LogP contribution in [-0.2, 0) is 9.47 Å². The molecular formula is C13H16O5. The van der Waals surface area contributed by atoms with Crippen LogP contribution in [0.15, 0.2) is 18.2 Å². The van der Waals surface area contributed by atoms with Crippen molar-refractivity contribution >= 4 is 11.9 Å². The number of carbonyl (C=O) groups is 2. The third-order valence-electron chi connectivity index (χ3n) is 2.27. The molecule has 0 heterocycles. The summed E-state index contributed by atoms with van der Waals surface area (Å²) in [6, 6.07) is 4.59. The minimum absolute atomic E-state index is 0.137. The molecule has 1 rings (SSSR count). The Morgan fingerprint density at radius 1 is 1.06 bits per heavy atom. The maximum absolute atomic E-state index is 11.6. The molecule has 0 saturated carbocycles. The van der Waals surface area contributed by atoms with Crippen molar-refractivity contribution in [3.05, 3.63) is 29.3 Å². The molecule has 1 aromatic carbocycles. The second-order valence-corrected chi connectivity index (χ2v) is 3.54. The first-order valence-corrected chi connectivity index (χ1v) is 5.57. The standard InChI is InChI=1S/C13H16O5/c1-4-7-18-9-5-6-10(12(14)16-2)11(8-9)13(15)17-3/h5-6,8H,4,7H2,1-3H3. The monoisotopic (exact) mass is 252 g/mol. The van der Waals surface area contributed by atoms with Crippen LogP contribution in [0.5, 0.6) is 5.75 Å². The van der Waals surface area contributed by atoms with Crippen LogP contribution in [0.3, 0.4) is 0 Å². The fourth-order valence-electron chi connectivity index (χ4n) is 1.40. The summed E-state index contributed by atoms with van der Waals surface area (Å²) in [7, 11) is 2.51. The van der Waals surface area contributed by atoms with E-state index in [1.807, 2.05) is 6.92 Å². The minimum atomic E-state index is -0.600. The van der Waals surface area contributed by atoms with Gasteiger partial charge in [0.05, 0.1) is 32.0 Å². The number of rotatable bonds is 5. The van der Waals surface area contributed by atoms with E-state index in [2.05, 4.69) is 9.47 Å². The molecule has 0 aliphatic carbocycles. The Bertz CT molecular complexity index is 439. The molecule has 0 atom stereocenters. The summed E-state index contributed by atoms with van der Waals surface area (Å²) in [5.41, 5.74) is 0.297. The van der Waals surface area contributed by atoms with Gasteiger partial charge in [0.2, 0.25) is 0 Å². The van der Waals surface area contributed by atoms with Crippen LogP contribution in [-0.4, -0.2) is 32.8 Å². The lowest BCUT2D eigenvalue weighted by Gasteiger charge is -2.09. The molecule has 0 saturated heterocycles. The van der Waals surface area contributed by atoms with Gasteiger partial charge in [-0.05, 0) is 24.6 Å². The molecule has 0 fully saturated rings. The van der Waals surface area contributed by atoms with Crippen LogP contribution < -0.4 is 4.74 Å². The van der Waals surface area contributed by atoms with Crippen molar-refractivity contribution in [3.63, 3.8) is 0 Å². The van der Waals surface area contributed by atoms with Gasteiger partial charge in [-0.15, -0.1) is 0 Å². The molecule has 98 valence electrons. The minimum Gasteiger partial charge on any atom is -0.494 e. The zero-order valence-corrected chi connectivity index (χ0v) is 10.7. The summed E-state index contributed by atoms with van der Waals surface area (Å²) < 4.78 is 14.6. The average Bonchev–Trinajstić information content (AvgIpc) is 2.43. The molecule has 5 nitrogen and oxygen atoms in total. The predicted molar refractivity (Wildman–Crippen MR) is 64.9 cm³/mol. The van der Waals surface area contributed by atoms with Crippen molar-refractivity contribution in [1.29, 1.82) is 0 Å². The molecular weight excluding hydrogens is 236 g/mol. The van der Waals surface area contributed by atoms with E-state index in [1.54, 1.807) is 6.07 Å². The number of hydrogen-bond acceptors (Lipinski definition) is 5. The third-order valence-corrected chi connectivity index (χ3v) is 2.27. The van der Waals surface area contributed by atoms with E-state index in [4.69, 9.17) is 4.74 Å². The Balaban J connectivity index is 3.12. The highest BCUT2D eigenvalue weighted by Crippen LogP contribution is 2.20. The van der Waals surface area contributed by atoms with Crippen LogP contribution in [0.25, 0.3) is 0 Å². The third kappa shape index (κ3) is 3.23. The molecule has 0 radical (unpaired) electrons. The molecule has 1 aromatic rings. The second kappa shape index (κ2) is 6.64. The van der Waals surface area contributed by atoms with Gasteiger partial charge >= 0.3 is 11.9 Å². The smallest absolute Gasteiger partial charge is 0.338 e. The van der Waals surface area contributed by atoms with Gasteiger partial charge in [0.25, 0.3) is 0 Å². The van der Waals surface area contributed by atoms with Gasteiger partial charge in [-0.3, -0.25) is 0 Å². The van der Waals surface area contributed by atoms with Crippen molar-refractivity contribution in [2.45, 2.75) is 13.3 Å². The van der Waals surface area contributed by atoms with Crippen molar-refractivity contribution in [3.8, 4) is 5.75 Å². The van der Waals surface area contributed by atoms with E-state index in [9.17, 15) is 9.59 Å². The Labute approximate surface area is 106 Å². The average molecular weight is 252 g/mol. The van der Waals surface area contributed by atoms with Gasteiger partial charge in [0.15, 0.2) is 0 Å². The van der Waals surface area contributed by atoms with Crippen LogP contribution in [0, 0.1) is 0 Å². The van der Waals surface area contributed by atoms with Crippen molar-refractivity contribution in [1.82, 2.24) is 0 Å². The number of methoxy groups -OCH3 is 2. The lowest BCUT2D eigenvalue weighted by Crippen LogP contribution is -2.12. The number of ether oxygens (including phenoxy) is 3. The summed E-state index contributed by atoms with van der Waals surface area (Å²) in [4.78, 5) is 23.1. The number of carbonyl (C=O) groups excluding carboxylic acids is 2. The van der Waals surface area contributed by atoms with Gasteiger partial charge in [0.1, 0.15) is 5.75 Å². The molecule has 0 unspecified atom stereocenters. The molecule has 0 spiro atoms. The van der Waals surface area contributed by atoms with E-state index >= 15 is 0 Å². The molecule has 0 bridgehead atoms. The highest BCUT2D eigenvalue weighted by molar-refractivity contribution is 6.03. The maximum Gasteiger partial charge on any atom is 0.338 e. The van der Waals surface area contributed by atoms with Crippen LogP contribution in [0.4, 0.5) is 0 Å². The lowest BCUT2D eigenvalue weighted by atomic mass is 10.1. The van der Waals surface area contributed by atoms with Gasteiger partial charge in [-0.1, -0.05) is 6.92 Å². The van der Waals surface area contributed by atoms with E-state index in [1.165, 1.54) is 26.4 Å². The van der Waals surface area contributed by atoms with Crippen molar-refractivity contribution < 1.29 is 23.8 Å². The normalized spacial score (nSPS) is 9.72. The SMILES string of the molecule is CCCOc1ccc(C(=O)OC)c(C(=O)OC)c1. The van der Waals surface area contributed by atoms with E-state index in [-0.39, 0.29) is 11.1 Å². The molecule has 0 aliphatic heterocycles. The Kier molecular flexibility index (Phi) is 5.17. The van der Waals surface area contributed by atoms with E-state index < -0.39 is 11.9 Å². The van der Waals surface area contributed by atoms with E-state index in [0.29, 0.717) is 12.4 Å². The fourth-order valence-corrected chi connectivity index (χ4v) is 1.40. The zero-order chi connectivity index (χ0) is 13.5. The largest absolute Gasteiger partial charge is 0.494 e. The lowest BCUT2D eigenvalue weighted by molar-refractivity contribution is 0.0555. The summed E-state index contributed by atoms with van der Waals surface area (Å²) in [5.74, 6) is -0.667. The number of esters is 2. The van der Waals surface area contributed by atoms with Gasteiger partial charge in [-0.2, -0.15) is 0 Å². The highest BCUT2D eigenvalue weighted by atomic mass is 16.5. The molecule has 0 amide bonds. The number of hydrogen-bond donors (Lipinski definition) is 0. The quantitative estimate of drug-likeness (QED) is 0.750. The first-order valence-electron chi connectivity index (χ1n) is 5.57. The predicted octanol–water partition coefficient (Wildman–Crippen LogP) is 2.05. The van der Waals surface area contributed by atoms with Crippen LogP contribution in [0.1, 0.15) is 34.1 Å². The summed E-state index contributed by atoms with van der Waals surface area (Å²) >= 11 is 0. The summed E-state index contributed by atoms with van der Waals surface area (Å²) in [5, 5.41) is 0. The van der Waals surface area contributed by atoms with Gasteiger partial charge in [-0.25, -0.2) is 9.59 Å². The van der Waals surface area contributed by atoms with Crippen molar-refractivity contribution in [2.75, 3.05) is 20.8 Å². The molecule has 18 heavy (non-hydrogen) atoms. The van der Waals surface area contributed by atoms with Crippen LogP contribution in [0.2, 0.25) is 0 Å². The first-order chi connectivity index (χ1) is 8.63. The van der Waals surface area contributed by atoms with Crippen molar-refractivity contribution in [2.24, 2.45) is 0 Å². The Morgan fingerprint density at radius 3 is 2.22 bits per heavy atom. The Morgan fingerprint density at radius 2 is 1.67 bits per heavy atom. The van der Waals surface area contributed by atoms with Crippen LogP contribution >= 0.6 is 0 Å². The topological polar surface area (TPSA) is 61.8 Å². The number of benzene rings is 1. The molecule has 0 aromatic heterocycles. The molecule has 0 N–H and O–H groups in total. The molecule has 5 heteroatoms. The summed E-state index contributed by atoms with van der Waals surface area (Å²) in [6.07, 6.45) is 0.853. The second-order valence-electron chi connectivity index (χ2n) is 3.54. The fraction of sp³-hybridized carbons (Fsp3) is 0.385. The van der Waals surface area contributed by atoms with Gasteiger partial charge in [0, 0.05) is 0 Å². The first kappa shape index (κ1) is 14.0. The Hall–Kier alpha value is -2.04. The summed E-state index contributed by atoms with van der Waals surface area (Å²) in [6.45, 7) is 2.52. The zero-order valence-electron chi connectivity index (χ0n) is 10.7. The van der Waals surface area contributed by atoms with Gasteiger partial charge < -0.3 is 14.2 Å². The highest BCUT2D eigenvalue weighted by Gasteiger charge is 2.19. The molecule has 0 aliphatic rings. The maximum atomic E-state index is 11.6. The van der Waals surface area contributed by atoms with E-state index in [0.717, 1.165) is 6.42 Å².